The van der Waals surface area contributed by atoms with Crippen molar-refractivity contribution in [1.82, 2.24) is 14.8 Å². The van der Waals surface area contributed by atoms with E-state index in [9.17, 15) is 4.39 Å². The first-order valence-electron chi connectivity index (χ1n) is 8.21. The molecule has 1 saturated heterocycles. The van der Waals surface area contributed by atoms with E-state index in [1.165, 1.54) is 25.0 Å². The summed E-state index contributed by atoms with van der Waals surface area (Å²) in [5.41, 5.74) is 1.09. The lowest BCUT2D eigenvalue weighted by Gasteiger charge is -2.14. The summed E-state index contributed by atoms with van der Waals surface area (Å²) in [5, 5.41) is 9.77. The topological polar surface area (TPSA) is 39.9 Å². The van der Waals surface area contributed by atoms with Crippen LogP contribution in [0.25, 0.3) is 0 Å². The Kier molecular flexibility index (Phi) is 4.35. The Labute approximate surface area is 139 Å². The average molecular weight is 333 g/mol. The summed E-state index contributed by atoms with van der Waals surface area (Å²) in [6.45, 7) is 1.72. The van der Waals surface area contributed by atoms with Crippen LogP contribution in [0.2, 0.25) is 0 Å². The van der Waals surface area contributed by atoms with Gasteiger partial charge in [0.2, 0.25) is 0 Å². The highest BCUT2D eigenvalue weighted by Crippen LogP contribution is 2.40. The van der Waals surface area contributed by atoms with Crippen molar-refractivity contribution in [2.24, 2.45) is 0 Å². The third-order valence-electron chi connectivity index (χ3n) is 4.38. The first kappa shape index (κ1) is 15.1. The van der Waals surface area contributed by atoms with Gasteiger partial charge in [0, 0.05) is 18.3 Å². The van der Waals surface area contributed by atoms with Crippen molar-refractivity contribution < 1.29 is 9.13 Å². The van der Waals surface area contributed by atoms with Gasteiger partial charge < -0.3 is 9.30 Å². The Hall–Kier alpha value is -1.40. The van der Waals surface area contributed by atoms with Crippen LogP contribution >= 0.6 is 11.8 Å². The highest BCUT2D eigenvalue weighted by Gasteiger charge is 2.31. The SMILES string of the molecule is Fc1ccc(CSc2nnc(C3CC3)n2CC2CCCO2)cc1. The summed E-state index contributed by atoms with van der Waals surface area (Å²) in [6.07, 6.45) is 4.97. The number of hydrogen-bond donors (Lipinski definition) is 0. The molecular formula is C17H20FN3OS. The Morgan fingerprint density at radius 1 is 1.17 bits per heavy atom. The number of ether oxygens (including phenoxy) is 1. The van der Waals surface area contributed by atoms with Gasteiger partial charge >= 0.3 is 0 Å². The lowest BCUT2D eigenvalue weighted by Crippen LogP contribution is -2.17. The number of thioether (sulfide) groups is 1. The predicted molar refractivity (Wildman–Crippen MR) is 86.9 cm³/mol. The van der Waals surface area contributed by atoms with Gasteiger partial charge in [-0.3, -0.25) is 0 Å². The second kappa shape index (κ2) is 6.61. The molecule has 0 amide bonds. The largest absolute Gasteiger partial charge is 0.376 e. The monoisotopic (exact) mass is 333 g/mol. The first-order valence-corrected chi connectivity index (χ1v) is 9.20. The highest BCUT2D eigenvalue weighted by atomic mass is 32.2. The third kappa shape index (κ3) is 3.58. The van der Waals surface area contributed by atoms with Crippen LogP contribution in [0.5, 0.6) is 0 Å². The van der Waals surface area contributed by atoms with Crippen LogP contribution < -0.4 is 0 Å². The molecule has 1 aliphatic carbocycles. The molecule has 0 spiro atoms. The highest BCUT2D eigenvalue weighted by molar-refractivity contribution is 7.98. The fourth-order valence-electron chi connectivity index (χ4n) is 2.94. The molecule has 1 aliphatic heterocycles. The van der Waals surface area contributed by atoms with Gasteiger partial charge in [-0.15, -0.1) is 10.2 Å². The fourth-order valence-corrected chi connectivity index (χ4v) is 3.85. The Bertz CT molecular complexity index is 663. The van der Waals surface area contributed by atoms with Gasteiger partial charge in [0.15, 0.2) is 5.16 Å². The van der Waals surface area contributed by atoms with E-state index in [2.05, 4.69) is 14.8 Å². The van der Waals surface area contributed by atoms with Crippen LogP contribution in [0.15, 0.2) is 29.4 Å². The molecule has 1 aromatic heterocycles. The molecule has 2 fully saturated rings. The summed E-state index contributed by atoms with van der Waals surface area (Å²) in [4.78, 5) is 0. The zero-order chi connectivity index (χ0) is 15.6. The molecule has 1 saturated carbocycles. The van der Waals surface area contributed by atoms with Crippen molar-refractivity contribution in [3.8, 4) is 0 Å². The minimum atomic E-state index is -0.198. The van der Waals surface area contributed by atoms with Gasteiger partial charge in [0.25, 0.3) is 0 Å². The van der Waals surface area contributed by atoms with Gasteiger partial charge in [0.05, 0.1) is 12.6 Å². The molecule has 2 aromatic rings. The maximum atomic E-state index is 13.0. The molecule has 4 rings (SSSR count). The van der Waals surface area contributed by atoms with Crippen molar-refractivity contribution >= 4 is 11.8 Å². The maximum absolute atomic E-state index is 13.0. The summed E-state index contributed by atoms with van der Waals surface area (Å²) in [5.74, 6) is 2.26. The van der Waals surface area contributed by atoms with E-state index in [-0.39, 0.29) is 11.9 Å². The van der Waals surface area contributed by atoms with E-state index in [0.717, 1.165) is 48.3 Å². The van der Waals surface area contributed by atoms with Gasteiger partial charge in [-0.25, -0.2) is 4.39 Å². The zero-order valence-electron chi connectivity index (χ0n) is 12.9. The van der Waals surface area contributed by atoms with E-state index in [4.69, 9.17) is 4.74 Å². The Morgan fingerprint density at radius 3 is 2.70 bits per heavy atom. The van der Waals surface area contributed by atoms with Crippen molar-refractivity contribution in [3.63, 3.8) is 0 Å². The first-order chi connectivity index (χ1) is 11.3. The van der Waals surface area contributed by atoms with Crippen molar-refractivity contribution in [1.29, 1.82) is 0 Å². The molecule has 2 heterocycles. The zero-order valence-corrected chi connectivity index (χ0v) is 13.8. The van der Waals surface area contributed by atoms with E-state index in [1.807, 2.05) is 12.1 Å². The molecule has 122 valence electrons. The van der Waals surface area contributed by atoms with E-state index in [0.29, 0.717) is 5.92 Å². The molecular weight excluding hydrogens is 313 g/mol. The van der Waals surface area contributed by atoms with Crippen LogP contribution in [-0.4, -0.2) is 27.5 Å². The van der Waals surface area contributed by atoms with Gasteiger partial charge in [-0.2, -0.15) is 0 Å². The minimum Gasteiger partial charge on any atom is -0.376 e. The van der Waals surface area contributed by atoms with Gasteiger partial charge in [-0.05, 0) is 43.4 Å². The molecule has 1 atom stereocenters. The third-order valence-corrected chi connectivity index (χ3v) is 5.42. The van der Waals surface area contributed by atoms with Gasteiger partial charge in [0.1, 0.15) is 11.6 Å². The summed E-state index contributed by atoms with van der Waals surface area (Å²) >= 11 is 1.67. The average Bonchev–Trinajstić information content (AvgIpc) is 3.13. The van der Waals surface area contributed by atoms with E-state index >= 15 is 0 Å². The Morgan fingerprint density at radius 2 is 2.00 bits per heavy atom. The molecule has 0 N–H and O–H groups in total. The predicted octanol–water partition coefficient (Wildman–Crippen LogP) is 3.77. The van der Waals surface area contributed by atoms with Crippen LogP contribution in [-0.2, 0) is 17.0 Å². The number of halogens is 1. The molecule has 0 bridgehead atoms. The smallest absolute Gasteiger partial charge is 0.191 e. The Balaban J connectivity index is 1.49. The van der Waals surface area contributed by atoms with Crippen LogP contribution in [0.1, 0.15) is 43.0 Å². The minimum absolute atomic E-state index is 0.198. The number of benzene rings is 1. The second-order valence-electron chi connectivity index (χ2n) is 6.28. The van der Waals surface area contributed by atoms with Crippen molar-refractivity contribution in [3.05, 3.63) is 41.5 Å². The summed E-state index contributed by atoms with van der Waals surface area (Å²) in [6, 6.07) is 6.65. The van der Waals surface area contributed by atoms with Gasteiger partial charge in [-0.1, -0.05) is 23.9 Å². The fraction of sp³-hybridized carbons (Fsp3) is 0.529. The van der Waals surface area contributed by atoms with Crippen LogP contribution in [0, 0.1) is 5.82 Å². The summed E-state index contributed by atoms with van der Waals surface area (Å²) in [7, 11) is 0. The molecule has 1 aromatic carbocycles. The quantitative estimate of drug-likeness (QED) is 0.755. The van der Waals surface area contributed by atoms with Crippen LogP contribution in [0.4, 0.5) is 4.39 Å². The molecule has 4 nitrogen and oxygen atoms in total. The van der Waals surface area contributed by atoms with Crippen molar-refractivity contribution in [2.75, 3.05) is 6.61 Å². The lowest BCUT2D eigenvalue weighted by molar-refractivity contribution is 0.0942. The van der Waals surface area contributed by atoms with Crippen molar-refractivity contribution in [2.45, 2.75) is 55.2 Å². The van der Waals surface area contributed by atoms with Crippen LogP contribution in [0.3, 0.4) is 0 Å². The number of rotatable bonds is 6. The van der Waals surface area contributed by atoms with E-state index < -0.39 is 0 Å². The number of hydrogen-bond acceptors (Lipinski definition) is 4. The molecule has 0 radical (unpaired) electrons. The van der Waals surface area contributed by atoms with E-state index in [1.54, 1.807) is 11.8 Å². The maximum Gasteiger partial charge on any atom is 0.191 e. The standard InChI is InChI=1S/C17H20FN3OS/c18-14-7-3-12(4-8-14)11-23-17-20-19-16(13-5-6-13)21(17)10-15-2-1-9-22-15/h3-4,7-8,13,15H,1-2,5-6,9-11H2. The normalized spacial score (nSPS) is 21.0. The molecule has 1 unspecified atom stereocenters. The summed E-state index contributed by atoms with van der Waals surface area (Å²) < 4.78 is 21.0. The molecule has 23 heavy (non-hydrogen) atoms. The molecule has 6 heteroatoms. The molecule has 2 aliphatic rings. The second-order valence-corrected chi connectivity index (χ2v) is 7.22. The number of aromatic nitrogens is 3. The lowest BCUT2D eigenvalue weighted by atomic mass is 10.2. The number of nitrogens with zero attached hydrogens (tertiary/aromatic N) is 3.